The molecule has 1 aliphatic carbocycles. The summed E-state index contributed by atoms with van der Waals surface area (Å²) in [7, 11) is 0. The molecular weight excluding hydrogens is 398 g/mol. The second-order valence-corrected chi connectivity index (χ2v) is 8.44. The first kappa shape index (κ1) is 20.4. The van der Waals surface area contributed by atoms with E-state index in [9.17, 15) is 4.79 Å². The van der Waals surface area contributed by atoms with Crippen LogP contribution in [0.15, 0.2) is 73.1 Å². The molecule has 3 heterocycles. The molecule has 0 bridgehead atoms. The quantitative estimate of drug-likeness (QED) is 0.543. The monoisotopic (exact) mass is 425 g/mol. The molecule has 0 radical (unpaired) electrons. The average Bonchev–Trinajstić information content (AvgIpc) is 3.52. The van der Waals surface area contributed by atoms with Crippen molar-refractivity contribution in [3.63, 3.8) is 0 Å². The highest BCUT2D eigenvalue weighted by atomic mass is 16.2. The van der Waals surface area contributed by atoms with Gasteiger partial charge in [-0.1, -0.05) is 30.4 Å². The van der Waals surface area contributed by atoms with Gasteiger partial charge in [0.15, 0.2) is 5.82 Å². The first-order valence-corrected chi connectivity index (χ1v) is 11.3. The Morgan fingerprint density at radius 3 is 2.69 bits per heavy atom. The third-order valence-electron chi connectivity index (χ3n) is 6.19. The van der Waals surface area contributed by atoms with E-state index in [0.29, 0.717) is 18.2 Å². The van der Waals surface area contributed by atoms with E-state index in [1.54, 1.807) is 12.4 Å². The Kier molecular flexibility index (Phi) is 5.92. The fourth-order valence-corrected chi connectivity index (χ4v) is 4.56. The van der Waals surface area contributed by atoms with Crippen molar-refractivity contribution in [3.8, 4) is 11.3 Å². The zero-order valence-corrected chi connectivity index (χ0v) is 18.0. The number of allylic oxidation sites excluding steroid dienone is 2. The van der Waals surface area contributed by atoms with Gasteiger partial charge in [0.25, 0.3) is 0 Å². The van der Waals surface area contributed by atoms with Crippen LogP contribution < -0.4 is 5.32 Å². The Hall–Kier alpha value is -3.54. The summed E-state index contributed by atoms with van der Waals surface area (Å²) in [5.41, 5.74) is 2.77. The predicted molar refractivity (Wildman–Crippen MR) is 125 cm³/mol. The Balaban J connectivity index is 1.46. The van der Waals surface area contributed by atoms with E-state index >= 15 is 0 Å². The van der Waals surface area contributed by atoms with E-state index in [2.05, 4.69) is 22.5 Å². The molecule has 1 aliphatic heterocycles. The summed E-state index contributed by atoms with van der Waals surface area (Å²) in [6, 6.07) is 15.7. The van der Waals surface area contributed by atoms with Crippen molar-refractivity contribution >= 4 is 17.4 Å². The van der Waals surface area contributed by atoms with Crippen molar-refractivity contribution in [2.45, 2.75) is 38.1 Å². The number of rotatable bonds is 6. The third-order valence-corrected chi connectivity index (χ3v) is 6.19. The third kappa shape index (κ3) is 4.54. The number of carbonyl (C=O) groups is 1. The number of aromatic nitrogens is 3. The molecule has 2 aliphatic rings. The number of anilines is 2. The number of amides is 1. The number of benzene rings is 1. The van der Waals surface area contributed by atoms with Crippen LogP contribution in [0.25, 0.3) is 11.3 Å². The summed E-state index contributed by atoms with van der Waals surface area (Å²) in [6.07, 6.45) is 12.5. The van der Waals surface area contributed by atoms with Crippen LogP contribution in [0.1, 0.15) is 44.0 Å². The van der Waals surface area contributed by atoms with E-state index in [0.717, 1.165) is 55.0 Å². The summed E-state index contributed by atoms with van der Waals surface area (Å²) >= 11 is 0. The van der Waals surface area contributed by atoms with E-state index in [1.807, 2.05) is 53.4 Å². The first-order valence-electron chi connectivity index (χ1n) is 11.3. The lowest BCUT2D eigenvalue weighted by molar-refractivity contribution is -0.133. The Morgan fingerprint density at radius 2 is 1.91 bits per heavy atom. The maximum absolute atomic E-state index is 13.1. The number of nitrogens with zero attached hydrogens (tertiary/aromatic N) is 4. The second-order valence-electron chi connectivity index (χ2n) is 8.44. The minimum absolute atomic E-state index is 0.0917. The molecule has 3 aromatic rings. The zero-order chi connectivity index (χ0) is 21.8. The van der Waals surface area contributed by atoms with Gasteiger partial charge in [-0.2, -0.15) is 0 Å². The van der Waals surface area contributed by atoms with Gasteiger partial charge in [0.2, 0.25) is 5.91 Å². The lowest BCUT2D eigenvalue weighted by atomic mass is 10.0. The largest absolute Gasteiger partial charge is 0.340 e. The van der Waals surface area contributed by atoms with Crippen LogP contribution in [-0.2, 0) is 4.79 Å². The highest BCUT2D eigenvalue weighted by Gasteiger charge is 2.33. The molecule has 0 saturated carbocycles. The Bertz CT molecular complexity index is 1100. The second kappa shape index (κ2) is 9.30. The van der Waals surface area contributed by atoms with Crippen LogP contribution in [0.5, 0.6) is 0 Å². The van der Waals surface area contributed by atoms with Crippen LogP contribution in [0.2, 0.25) is 0 Å². The van der Waals surface area contributed by atoms with Crippen LogP contribution in [0.3, 0.4) is 0 Å². The van der Waals surface area contributed by atoms with E-state index in [4.69, 9.17) is 9.97 Å². The topological polar surface area (TPSA) is 71.0 Å². The van der Waals surface area contributed by atoms with Gasteiger partial charge in [0.05, 0.1) is 11.7 Å². The normalized spacial score (nSPS) is 19.9. The number of pyridine rings is 1. The van der Waals surface area contributed by atoms with Crippen LogP contribution in [0.4, 0.5) is 11.5 Å². The number of hydrogen-bond donors (Lipinski definition) is 1. The molecule has 1 N–H and O–H groups in total. The van der Waals surface area contributed by atoms with Crippen molar-refractivity contribution in [2.75, 3.05) is 11.9 Å². The van der Waals surface area contributed by atoms with Gasteiger partial charge in [0, 0.05) is 42.7 Å². The highest BCUT2D eigenvalue weighted by molar-refractivity contribution is 5.77. The fourth-order valence-electron chi connectivity index (χ4n) is 4.56. The van der Waals surface area contributed by atoms with Crippen molar-refractivity contribution in [2.24, 2.45) is 5.92 Å². The molecule has 5 rings (SSSR count). The molecule has 1 fully saturated rings. The molecule has 0 unspecified atom stereocenters. The molecule has 2 aromatic heterocycles. The first-order chi connectivity index (χ1) is 15.8. The van der Waals surface area contributed by atoms with Gasteiger partial charge in [0.1, 0.15) is 5.82 Å². The van der Waals surface area contributed by atoms with Crippen LogP contribution in [-0.4, -0.2) is 32.3 Å². The molecular formula is C26H27N5O. The molecule has 0 spiro atoms. The summed E-state index contributed by atoms with van der Waals surface area (Å²) in [6.45, 7) is 0.768. The lowest BCUT2D eigenvalue weighted by Gasteiger charge is -2.25. The number of nitrogens with one attached hydrogen (secondary N) is 1. The molecule has 1 amide bonds. The van der Waals surface area contributed by atoms with Gasteiger partial charge in [-0.15, -0.1) is 0 Å². The standard InChI is InChI=1S/C26H27N5O/c32-25(17-19-7-4-5-8-19)31-16-6-11-23(31)26-29-22(20-12-14-27-15-13-20)18-24(30-26)28-21-9-2-1-3-10-21/h1-4,7,9-10,12-15,18-19,23H,5-6,8,11,16-17H2,(H,28,29,30)/t19-,23-/m0/s1. The molecule has 32 heavy (non-hydrogen) atoms. The summed E-state index contributed by atoms with van der Waals surface area (Å²) in [5, 5.41) is 3.40. The highest BCUT2D eigenvalue weighted by Crippen LogP contribution is 2.34. The summed E-state index contributed by atoms with van der Waals surface area (Å²) in [4.78, 5) is 29.0. The maximum atomic E-state index is 13.1. The van der Waals surface area contributed by atoms with Gasteiger partial charge in [-0.05, 0) is 55.9 Å². The summed E-state index contributed by atoms with van der Waals surface area (Å²) < 4.78 is 0. The molecule has 2 atom stereocenters. The van der Waals surface area contributed by atoms with E-state index in [1.165, 1.54) is 0 Å². The average molecular weight is 426 g/mol. The molecule has 162 valence electrons. The minimum atomic E-state index is -0.0917. The molecule has 6 nitrogen and oxygen atoms in total. The summed E-state index contributed by atoms with van der Waals surface area (Å²) in [5.74, 6) is 2.00. The fraction of sp³-hybridized carbons (Fsp3) is 0.308. The predicted octanol–water partition coefficient (Wildman–Crippen LogP) is 5.30. The Labute approximate surface area is 188 Å². The van der Waals surface area contributed by atoms with Gasteiger partial charge in [-0.3, -0.25) is 9.78 Å². The molecule has 1 saturated heterocycles. The van der Waals surface area contributed by atoms with Crippen LogP contribution in [0, 0.1) is 5.92 Å². The molecule has 6 heteroatoms. The SMILES string of the molecule is O=C(C[C@H]1C=CCC1)N1CCC[C@H]1c1nc(Nc2ccccc2)cc(-c2ccncc2)n1. The number of para-hydroxylation sites is 1. The van der Waals surface area contributed by atoms with E-state index < -0.39 is 0 Å². The van der Waals surface area contributed by atoms with Crippen molar-refractivity contribution in [1.29, 1.82) is 0 Å². The molecule has 1 aromatic carbocycles. The van der Waals surface area contributed by atoms with Gasteiger partial charge in [-0.25, -0.2) is 9.97 Å². The number of hydrogen-bond acceptors (Lipinski definition) is 5. The maximum Gasteiger partial charge on any atom is 0.223 e. The minimum Gasteiger partial charge on any atom is -0.340 e. The van der Waals surface area contributed by atoms with Crippen LogP contribution >= 0.6 is 0 Å². The van der Waals surface area contributed by atoms with Gasteiger partial charge < -0.3 is 10.2 Å². The lowest BCUT2D eigenvalue weighted by Crippen LogP contribution is -2.32. The van der Waals surface area contributed by atoms with Crippen molar-refractivity contribution < 1.29 is 4.79 Å². The van der Waals surface area contributed by atoms with Crippen molar-refractivity contribution in [1.82, 2.24) is 19.9 Å². The van der Waals surface area contributed by atoms with Gasteiger partial charge >= 0.3 is 0 Å². The zero-order valence-electron chi connectivity index (χ0n) is 18.0. The van der Waals surface area contributed by atoms with E-state index in [-0.39, 0.29) is 11.9 Å². The smallest absolute Gasteiger partial charge is 0.223 e. The number of likely N-dealkylation sites (tertiary alicyclic amines) is 1. The van der Waals surface area contributed by atoms with Crippen molar-refractivity contribution in [3.05, 3.63) is 78.9 Å². The Morgan fingerprint density at radius 1 is 1.06 bits per heavy atom. The number of carbonyl (C=O) groups excluding carboxylic acids is 1.